The van der Waals surface area contributed by atoms with Crippen LogP contribution in [0.3, 0.4) is 0 Å². The first-order valence-corrected chi connectivity index (χ1v) is 6.14. The number of methoxy groups -OCH3 is 1. The number of fused-ring (bicyclic) bond motifs is 1. The number of ether oxygens (including phenoxy) is 1. The van der Waals surface area contributed by atoms with Gasteiger partial charge in [0, 0.05) is 16.6 Å². The van der Waals surface area contributed by atoms with Gasteiger partial charge in [-0.25, -0.2) is 0 Å². The van der Waals surface area contributed by atoms with E-state index in [4.69, 9.17) is 22.1 Å². The zero-order valence-corrected chi connectivity index (χ0v) is 11.0. The van der Waals surface area contributed by atoms with E-state index >= 15 is 0 Å². The fourth-order valence-corrected chi connectivity index (χ4v) is 2.33. The lowest BCUT2D eigenvalue weighted by molar-refractivity contribution is 0.415. The molecule has 0 atom stereocenters. The van der Waals surface area contributed by atoms with E-state index in [0.717, 1.165) is 22.2 Å². The lowest BCUT2D eigenvalue weighted by Crippen LogP contribution is -1.86. The van der Waals surface area contributed by atoms with Gasteiger partial charge >= 0.3 is 0 Å². The highest BCUT2D eigenvalue weighted by molar-refractivity contribution is 6.32. The van der Waals surface area contributed by atoms with Crippen LogP contribution in [-0.2, 0) is 0 Å². The maximum absolute atomic E-state index is 6.14. The van der Waals surface area contributed by atoms with E-state index in [1.807, 2.05) is 36.4 Å². The minimum atomic E-state index is 0.562. The highest BCUT2D eigenvalue weighted by Crippen LogP contribution is 2.32. The van der Waals surface area contributed by atoms with Crippen molar-refractivity contribution in [3.8, 4) is 17.0 Å². The fraction of sp³-hybridized carbons (Fsp3) is 0.0714. The van der Waals surface area contributed by atoms with Gasteiger partial charge in [0.05, 0.1) is 23.3 Å². The summed E-state index contributed by atoms with van der Waals surface area (Å²) in [5.41, 5.74) is 9.14. The number of nitrogens with zero attached hydrogens (tertiary/aromatic N) is 1. The Bertz CT molecular complexity index is 752. The summed E-state index contributed by atoms with van der Waals surface area (Å²) in [5, 5.41) is 8.87. The van der Waals surface area contributed by atoms with Crippen molar-refractivity contribution in [1.82, 2.24) is 10.2 Å². The summed E-state index contributed by atoms with van der Waals surface area (Å²) in [6.07, 6.45) is 0. The Kier molecular flexibility index (Phi) is 2.80. The maximum Gasteiger partial charge on any atom is 0.137 e. The number of benzene rings is 2. The topological polar surface area (TPSA) is 63.9 Å². The Morgan fingerprint density at radius 3 is 2.79 bits per heavy atom. The van der Waals surface area contributed by atoms with Crippen LogP contribution >= 0.6 is 11.6 Å². The Morgan fingerprint density at radius 2 is 2.05 bits per heavy atom. The molecule has 1 aromatic heterocycles. The number of H-pyrrole nitrogens is 1. The summed E-state index contributed by atoms with van der Waals surface area (Å²) in [6.45, 7) is 0. The van der Waals surface area contributed by atoms with Crippen molar-refractivity contribution in [2.75, 3.05) is 12.8 Å². The van der Waals surface area contributed by atoms with E-state index in [-0.39, 0.29) is 0 Å². The lowest BCUT2D eigenvalue weighted by atomic mass is 10.1. The van der Waals surface area contributed by atoms with Gasteiger partial charge in [-0.2, -0.15) is 5.10 Å². The quantitative estimate of drug-likeness (QED) is 0.703. The number of hydrogen-bond acceptors (Lipinski definition) is 3. The molecule has 0 radical (unpaired) electrons. The number of aromatic amines is 1. The third kappa shape index (κ3) is 2.00. The molecule has 0 saturated carbocycles. The van der Waals surface area contributed by atoms with Crippen molar-refractivity contribution in [2.24, 2.45) is 0 Å². The van der Waals surface area contributed by atoms with Gasteiger partial charge in [-0.05, 0) is 36.4 Å². The van der Waals surface area contributed by atoms with Gasteiger partial charge in [-0.3, -0.25) is 5.10 Å². The van der Waals surface area contributed by atoms with Crippen LogP contribution in [0.2, 0.25) is 5.02 Å². The van der Waals surface area contributed by atoms with Crippen molar-refractivity contribution in [1.29, 1.82) is 0 Å². The summed E-state index contributed by atoms with van der Waals surface area (Å²) in [4.78, 5) is 0. The van der Waals surface area contributed by atoms with Crippen LogP contribution < -0.4 is 10.5 Å². The van der Waals surface area contributed by atoms with Gasteiger partial charge in [-0.15, -0.1) is 0 Å². The Labute approximate surface area is 115 Å². The first-order valence-electron chi connectivity index (χ1n) is 5.76. The molecule has 0 aliphatic rings. The molecule has 0 spiro atoms. The second-order valence-electron chi connectivity index (χ2n) is 4.23. The predicted molar refractivity (Wildman–Crippen MR) is 77.5 cm³/mol. The van der Waals surface area contributed by atoms with Gasteiger partial charge in [0.2, 0.25) is 0 Å². The molecule has 0 fully saturated rings. The molecule has 2 aromatic carbocycles. The zero-order chi connectivity index (χ0) is 13.4. The van der Waals surface area contributed by atoms with Gasteiger partial charge < -0.3 is 10.5 Å². The summed E-state index contributed by atoms with van der Waals surface area (Å²) in [5.74, 6) is 0.648. The minimum absolute atomic E-state index is 0.562. The van der Waals surface area contributed by atoms with Crippen LogP contribution in [0.1, 0.15) is 0 Å². The molecule has 0 saturated heterocycles. The van der Waals surface area contributed by atoms with Crippen LogP contribution in [0.15, 0.2) is 36.4 Å². The van der Waals surface area contributed by atoms with Gasteiger partial charge in [0.15, 0.2) is 0 Å². The summed E-state index contributed by atoms with van der Waals surface area (Å²) in [7, 11) is 1.59. The first-order chi connectivity index (χ1) is 9.19. The number of nitrogens with one attached hydrogen (secondary N) is 1. The number of hydrogen-bond donors (Lipinski definition) is 2. The van der Waals surface area contributed by atoms with Crippen LogP contribution in [0.5, 0.6) is 5.75 Å². The number of halogens is 1. The molecular weight excluding hydrogens is 262 g/mol. The van der Waals surface area contributed by atoms with E-state index < -0.39 is 0 Å². The highest BCUT2D eigenvalue weighted by atomic mass is 35.5. The van der Waals surface area contributed by atoms with Crippen LogP contribution in [0.4, 0.5) is 5.69 Å². The number of nitrogen functional groups attached to an aromatic ring is 1. The molecule has 1 heterocycles. The van der Waals surface area contributed by atoms with Gasteiger partial charge in [0.1, 0.15) is 5.75 Å². The normalized spacial score (nSPS) is 10.8. The smallest absolute Gasteiger partial charge is 0.137 e. The van der Waals surface area contributed by atoms with Crippen molar-refractivity contribution in [2.45, 2.75) is 0 Å². The summed E-state index contributed by atoms with van der Waals surface area (Å²) in [6, 6.07) is 11.3. The SMILES string of the molecule is COc1ccc(-c2n[nH]c3cc(N)ccc23)cc1Cl. The lowest BCUT2D eigenvalue weighted by Gasteiger charge is -2.04. The van der Waals surface area contributed by atoms with E-state index in [9.17, 15) is 0 Å². The molecule has 0 aliphatic carbocycles. The molecule has 0 aliphatic heterocycles. The second kappa shape index (κ2) is 4.48. The van der Waals surface area contributed by atoms with Crippen molar-refractivity contribution in [3.63, 3.8) is 0 Å². The van der Waals surface area contributed by atoms with E-state index in [0.29, 0.717) is 16.5 Å². The largest absolute Gasteiger partial charge is 0.495 e. The van der Waals surface area contributed by atoms with Crippen LogP contribution in [-0.4, -0.2) is 17.3 Å². The number of anilines is 1. The average Bonchev–Trinajstić information content (AvgIpc) is 2.81. The van der Waals surface area contributed by atoms with Crippen LogP contribution in [0, 0.1) is 0 Å². The van der Waals surface area contributed by atoms with Gasteiger partial charge in [0.25, 0.3) is 0 Å². The first kappa shape index (κ1) is 11.9. The molecule has 3 N–H and O–H groups in total. The molecule has 5 heteroatoms. The molecule has 3 rings (SSSR count). The van der Waals surface area contributed by atoms with Crippen LogP contribution in [0.25, 0.3) is 22.2 Å². The third-order valence-electron chi connectivity index (χ3n) is 3.01. The second-order valence-corrected chi connectivity index (χ2v) is 4.63. The number of aromatic nitrogens is 2. The molecule has 0 bridgehead atoms. The third-order valence-corrected chi connectivity index (χ3v) is 3.31. The molecule has 96 valence electrons. The van der Waals surface area contributed by atoms with Crippen molar-refractivity contribution in [3.05, 3.63) is 41.4 Å². The molecule has 19 heavy (non-hydrogen) atoms. The standard InChI is InChI=1S/C14H12ClN3O/c1-19-13-5-2-8(6-11(13)15)14-10-4-3-9(16)7-12(10)17-18-14/h2-7H,16H2,1H3,(H,17,18). The van der Waals surface area contributed by atoms with Crippen molar-refractivity contribution < 1.29 is 4.74 Å². The number of nitrogens with two attached hydrogens (primary N) is 1. The molecule has 0 unspecified atom stereocenters. The zero-order valence-electron chi connectivity index (χ0n) is 10.3. The predicted octanol–water partition coefficient (Wildman–Crippen LogP) is 3.47. The minimum Gasteiger partial charge on any atom is -0.495 e. The van der Waals surface area contributed by atoms with E-state index in [1.165, 1.54) is 0 Å². The summed E-state index contributed by atoms with van der Waals surface area (Å²) >= 11 is 6.14. The van der Waals surface area contributed by atoms with E-state index in [2.05, 4.69) is 10.2 Å². The average molecular weight is 274 g/mol. The fourth-order valence-electron chi connectivity index (χ4n) is 2.07. The monoisotopic (exact) mass is 273 g/mol. The highest BCUT2D eigenvalue weighted by Gasteiger charge is 2.10. The van der Waals surface area contributed by atoms with Crippen molar-refractivity contribution >= 4 is 28.2 Å². The molecule has 0 amide bonds. The van der Waals surface area contributed by atoms with E-state index in [1.54, 1.807) is 7.11 Å². The molecule has 3 aromatic rings. The van der Waals surface area contributed by atoms with Gasteiger partial charge in [-0.1, -0.05) is 11.6 Å². The molecule has 4 nitrogen and oxygen atoms in total. The summed E-state index contributed by atoms with van der Waals surface area (Å²) < 4.78 is 5.14. The Morgan fingerprint density at radius 1 is 1.21 bits per heavy atom. The Balaban J connectivity index is 2.16. The maximum atomic E-state index is 6.14. The molecular formula is C14H12ClN3O. The number of rotatable bonds is 2. The Hall–Kier alpha value is -2.20.